The van der Waals surface area contributed by atoms with Gasteiger partial charge < -0.3 is 0 Å². The van der Waals surface area contributed by atoms with E-state index in [1.165, 1.54) is 31.3 Å². The molecule has 0 aromatic heterocycles. The number of hydrogen-bond acceptors (Lipinski definition) is 2. The SMILES string of the molecule is CN(Cc1ccc(F)cc1Cl)S(=O)(=O)c1cccc(F)c1. The van der Waals surface area contributed by atoms with E-state index in [0.29, 0.717) is 5.56 Å². The second kappa shape index (κ2) is 6.09. The van der Waals surface area contributed by atoms with Crippen LogP contribution < -0.4 is 0 Å². The van der Waals surface area contributed by atoms with Crippen molar-refractivity contribution in [3.63, 3.8) is 0 Å². The maximum Gasteiger partial charge on any atom is 0.243 e. The molecule has 0 aliphatic rings. The van der Waals surface area contributed by atoms with Crippen LogP contribution in [0.2, 0.25) is 5.02 Å². The molecule has 7 heteroatoms. The summed E-state index contributed by atoms with van der Waals surface area (Å²) in [6.45, 7) is -0.0437. The Morgan fingerprint density at radius 1 is 1.10 bits per heavy atom. The molecule has 0 N–H and O–H groups in total. The van der Waals surface area contributed by atoms with Crippen LogP contribution in [0.5, 0.6) is 0 Å². The van der Waals surface area contributed by atoms with Gasteiger partial charge in [-0.1, -0.05) is 23.7 Å². The van der Waals surface area contributed by atoms with Crippen molar-refractivity contribution in [3.8, 4) is 0 Å². The summed E-state index contributed by atoms with van der Waals surface area (Å²) in [5.41, 5.74) is 0.459. The standard InChI is InChI=1S/C14H12ClF2NO2S/c1-18(9-10-5-6-12(17)8-14(10)15)21(19,20)13-4-2-3-11(16)7-13/h2-8H,9H2,1H3. The first-order valence-electron chi connectivity index (χ1n) is 5.96. The number of benzene rings is 2. The zero-order valence-electron chi connectivity index (χ0n) is 11.1. The largest absolute Gasteiger partial charge is 0.243 e. The van der Waals surface area contributed by atoms with Crippen LogP contribution in [0.25, 0.3) is 0 Å². The van der Waals surface area contributed by atoms with Gasteiger partial charge in [0.15, 0.2) is 0 Å². The lowest BCUT2D eigenvalue weighted by molar-refractivity contribution is 0.465. The number of hydrogen-bond donors (Lipinski definition) is 0. The smallest absolute Gasteiger partial charge is 0.207 e. The first-order valence-corrected chi connectivity index (χ1v) is 7.78. The lowest BCUT2D eigenvalue weighted by atomic mass is 10.2. The van der Waals surface area contributed by atoms with Gasteiger partial charge in [-0.3, -0.25) is 0 Å². The molecule has 21 heavy (non-hydrogen) atoms. The molecule has 0 unspecified atom stereocenters. The Balaban J connectivity index is 2.28. The molecule has 0 spiro atoms. The minimum absolute atomic E-state index is 0.0437. The zero-order valence-corrected chi connectivity index (χ0v) is 12.6. The minimum Gasteiger partial charge on any atom is -0.207 e. The van der Waals surface area contributed by atoms with Crippen molar-refractivity contribution in [2.45, 2.75) is 11.4 Å². The molecule has 0 aliphatic carbocycles. The van der Waals surface area contributed by atoms with E-state index in [-0.39, 0.29) is 16.5 Å². The van der Waals surface area contributed by atoms with Gasteiger partial charge in [0.1, 0.15) is 11.6 Å². The molecule has 0 radical (unpaired) electrons. The summed E-state index contributed by atoms with van der Waals surface area (Å²) in [7, 11) is -2.50. The molecule has 112 valence electrons. The Morgan fingerprint density at radius 2 is 1.76 bits per heavy atom. The molecule has 0 fully saturated rings. The first kappa shape index (κ1) is 15.9. The van der Waals surface area contributed by atoms with E-state index in [9.17, 15) is 17.2 Å². The third-order valence-electron chi connectivity index (χ3n) is 2.91. The number of nitrogens with zero attached hydrogens (tertiary/aromatic N) is 1. The van der Waals surface area contributed by atoms with Crippen molar-refractivity contribution in [1.82, 2.24) is 4.31 Å². The maximum absolute atomic E-state index is 13.2. The van der Waals surface area contributed by atoms with Crippen LogP contribution in [0.15, 0.2) is 47.4 Å². The van der Waals surface area contributed by atoms with Gasteiger partial charge in [-0.25, -0.2) is 17.2 Å². The summed E-state index contributed by atoms with van der Waals surface area (Å²) in [6, 6.07) is 8.45. The van der Waals surface area contributed by atoms with Crippen molar-refractivity contribution < 1.29 is 17.2 Å². The van der Waals surface area contributed by atoms with Crippen LogP contribution in [-0.2, 0) is 16.6 Å². The van der Waals surface area contributed by atoms with Gasteiger partial charge in [0.25, 0.3) is 0 Å². The molecule has 0 saturated carbocycles. The molecule has 0 saturated heterocycles. The van der Waals surface area contributed by atoms with E-state index in [1.807, 2.05) is 0 Å². The highest BCUT2D eigenvalue weighted by atomic mass is 35.5. The van der Waals surface area contributed by atoms with Crippen molar-refractivity contribution in [1.29, 1.82) is 0 Å². The molecule has 2 aromatic carbocycles. The highest BCUT2D eigenvalue weighted by molar-refractivity contribution is 7.89. The van der Waals surface area contributed by atoms with Gasteiger partial charge in [-0.05, 0) is 35.9 Å². The Kier molecular flexibility index (Phi) is 4.61. The van der Waals surface area contributed by atoms with Gasteiger partial charge in [-0.15, -0.1) is 0 Å². The summed E-state index contributed by atoms with van der Waals surface area (Å²) in [5.74, 6) is -1.14. The second-order valence-corrected chi connectivity index (χ2v) is 6.91. The number of sulfonamides is 1. The van der Waals surface area contributed by atoms with Crippen LogP contribution >= 0.6 is 11.6 Å². The molecular weight excluding hydrogens is 320 g/mol. The van der Waals surface area contributed by atoms with Crippen molar-refractivity contribution >= 4 is 21.6 Å². The van der Waals surface area contributed by atoms with E-state index >= 15 is 0 Å². The van der Waals surface area contributed by atoms with E-state index in [4.69, 9.17) is 11.6 Å². The lowest BCUT2D eigenvalue weighted by Crippen LogP contribution is -2.26. The normalized spacial score (nSPS) is 11.9. The van der Waals surface area contributed by atoms with Gasteiger partial charge in [0.2, 0.25) is 10.0 Å². The minimum atomic E-state index is -3.85. The Bertz CT molecular complexity index is 765. The third-order valence-corrected chi connectivity index (χ3v) is 5.06. The average Bonchev–Trinajstić information content (AvgIpc) is 2.41. The Hall–Kier alpha value is -1.50. The second-order valence-electron chi connectivity index (χ2n) is 4.45. The van der Waals surface area contributed by atoms with Crippen molar-refractivity contribution in [2.75, 3.05) is 7.05 Å². The molecule has 0 aliphatic heterocycles. The highest BCUT2D eigenvalue weighted by Gasteiger charge is 2.22. The van der Waals surface area contributed by atoms with Gasteiger partial charge in [0, 0.05) is 18.6 Å². The summed E-state index contributed by atoms with van der Waals surface area (Å²) in [4.78, 5) is -0.150. The predicted octanol–water partition coefficient (Wildman–Crippen LogP) is 3.44. The van der Waals surface area contributed by atoms with Crippen molar-refractivity contribution in [2.24, 2.45) is 0 Å². The van der Waals surface area contributed by atoms with E-state index < -0.39 is 21.7 Å². The first-order chi connectivity index (χ1) is 9.80. The summed E-state index contributed by atoms with van der Waals surface area (Å²) >= 11 is 5.87. The fraction of sp³-hybridized carbons (Fsp3) is 0.143. The average molecular weight is 332 g/mol. The molecule has 0 atom stereocenters. The van der Waals surface area contributed by atoms with E-state index in [0.717, 1.165) is 22.5 Å². The quantitative estimate of drug-likeness (QED) is 0.860. The maximum atomic E-state index is 13.2. The van der Waals surface area contributed by atoms with Gasteiger partial charge >= 0.3 is 0 Å². The predicted molar refractivity (Wildman–Crippen MR) is 76.5 cm³/mol. The summed E-state index contributed by atoms with van der Waals surface area (Å²) in [5, 5.41) is 0.135. The van der Waals surface area contributed by atoms with Gasteiger partial charge in [0.05, 0.1) is 4.90 Å². The Labute approximate surface area is 126 Å². The van der Waals surface area contributed by atoms with Crippen molar-refractivity contribution in [3.05, 3.63) is 64.7 Å². The molecule has 2 rings (SSSR count). The molecule has 2 aromatic rings. The zero-order chi connectivity index (χ0) is 15.6. The highest BCUT2D eigenvalue weighted by Crippen LogP contribution is 2.22. The molecule has 0 heterocycles. The fourth-order valence-corrected chi connectivity index (χ4v) is 3.19. The van der Waals surface area contributed by atoms with E-state index in [2.05, 4.69) is 0 Å². The molecule has 0 bridgehead atoms. The monoisotopic (exact) mass is 331 g/mol. The summed E-state index contributed by atoms with van der Waals surface area (Å²) < 4.78 is 51.8. The third kappa shape index (κ3) is 3.58. The van der Waals surface area contributed by atoms with E-state index in [1.54, 1.807) is 0 Å². The number of rotatable bonds is 4. The topological polar surface area (TPSA) is 37.4 Å². The molecular formula is C14H12ClF2NO2S. The lowest BCUT2D eigenvalue weighted by Gasteiger charge is -2.18. The van der Waals surface area contributed by atoms with Crippen LogP contribution in [0.3, 0.4) is 0 Å². The number of halogens is 3. The van der Waals surface area contributed by atoms with Crippen LogP contribution in [-0.4, -0.2) is 19.8 Å². The van der Waals surface area contributed by atoms with Gasteiger partial charge in [-0.2, -0.15) is 4.31 Å². The van der Waals surface area contributed by atoms with Crippen LogP contribution in [0.1, 0.15) is 5.56 Å². The van der Waals surface area contributed by atoms with Crippen LogP contribution in [0.4, 0.5) is 8.78 Å². The fourth-order valence-electron chi connectivity index (χ4n) is 1.78. The van der Waals surface area contributed by atoms with Crippen LogP contribution in [0, 0.1) is 11.6 Å². The summed E-state index contributed by atoms with van der Waals surface area (Å²) in [6.07, 6.45) is 0. The Morgan fingerprint density at radius 3 is 2.38 bits per heavy atom. The molecule has 3 nitrogen and oxygen atoms in total. The molecule has 0 amide bonds.